The van der Waals surface area contributed by atoms with Gasteiger partial charge in [-0.05, 0) is 6.42 Å². The second-order valence-corrected chi connectivity index (χ2v) is 3.06. The maximum atomic E-state index is 10.5. The summed E-state index contributed by atoms with van der Waals surface area (Å²) in [6.45, 7) is 4.76. The summed E-state index contributed by atoms with van der Waals surface area (Å²) in [5.41, 5.74) is 0. The minimum Gasteiger partial charge on any atom is -0.481 e. The molecule has 0 heterocycles. The highest BCUT2D eigenvalue weighted by atomic mass is 16.5. The highest BCUT2D eigenvalue weighted by Crippen LogP contribution is 1.90. The third-order valence-corrected chi connectivity index (χ3v) is 1.57. The Morgan fingerprint density at radius 3 is 2.12 bits per heavy atom. The molecular formula is C11H22O5. The molecule has 0 aromatic carbocycles. The second-order valence-electron chi connectivity index (χ2n) is 3.06. The molecular weight excluding hydrogens is 212 g/mol. The van der Waals surface area contributed by atoms with Gasteiger partial charge in [-0.1, -0.05) is 20.3 Å². The molecule has 0 radical (unpaired) electrons. The van der Waals surface area contributed by atoms with Crippen LogP contribution in [0.25, 0.3) is 0 Å². The van der Waals surface area contributed by atoms with Crippen molar-refractivity contribution in [2.24, 2.45) is 0 Å². The number of unbranched alkanes of at least 4 members (excludes halogenated alkanes) is 1. The van der Waals surface area contributed by atoms with Gasteiger partial charge in [0.05, 0.1) is 19.6 Å². The molecule has 0 bridgehead atoms. The van der Waals surface area contributed by atoms with E-state index < -0.39 is 5.97 Å². The van der Waals surface area contributed by atoms with Crippen molar-refractivity contribution in [1.82, 2.24) is 0 Å². The minimum atomic E-state index is -0.818. The number of carboxylic acid groups (broad SMARTS) is 1. The number of hydrogen-bond donors (Lipinski definition) is 1. The standard InChI is InChI=1S/C7H14O2.C4H8O3/c1-3-5-6-9-7(8)4-2;1-7-3-2-4(5)6/h3-6H2,1-2H3;2-3H2,1H3,(H,5,6). The number of carbonyl (C=O) groups is 2. The maximum Gasteiger partial charge on any atom is 0.305 e. The Balaban J connectivity index is 0. The third kappa shape index (κ3) is 18.6. The van der Waals surface area contributed by atoms with Crippen LogP contribution < -0.4 is 0 Å². The van der Waals surface area contributed by atoms with Crippen molar-refractivity contribution in [3.05, 3.63) is 0 Å². The smallest absolute Gasteiger partial charge is 0.305 e. The van der Waals surface area contributed by atoms with Crippen LogP contribution in [-0.4, -0.2) is 37.4 Å². The minimum absolute atomic E-state index is 0.0938. The average Bonchev–Trinajstić information content (AvgIpc) is 2.27. The molecule has 0 spiro atoms. The van der Waals surface area contributed by atoms with Crippen LogP contribution >= 0.6 is 0 Å². The predicted molar refractivity (Wildman–Crippen MR) is 60.3 cm³/mol. The third-order valence-electron chi connectivity index (χ3n) is 1.57. The maximum absolute atomic E-state index is 10.5. The van der Waals surface area contributed by atoms with E-state index in [0.717, 1.165) is 12.8 Å². The first-order chi connectivity index (χ1) is 7.58. The van der Waals surface area contributed by atoms with E-state index in [2.05, 4.69) is 11.7 Å². The number of ether oxygens (including phenoxy) is 2. The van der Waals surface area contributed by atoms with Crippen LogP contribution in [-0.2, 0) is 19.1 Å². The summed E-state index contributed by atoms with van der Waals surface area (Å²) < 4.78 is 9.26. The topological polar surface area (TPSA) is 72.8 Å². The molecule has 5 heteroatoms. The zero-order valence-electron chi connectivity index (χ0n) is 10.3. The van der Waals surface area contributed by atoms with E-state index in [1.165, 1.54) is 7.11 Å². The Labute approximate surface area is 96.7 Å². The molecule has 0 aliphatic heterocycles. The first-order valence-corrected chi connectivity index (χ1v) is 5.44. The summed E-state index contributed by atoms with van der Waals surface area (Å²) in [7, 11) is 1.48. The number of carboxylic acids is 1. The van der Waals surface area contributed by atoms with Gasteiger partial charge in [0.1, 0.15) is 0 Å². The van der Waals surface area contributed by atoms with Gasteiger partial charge >= 0.3 is 11.9 Å². The molecule has 96 valence electrons. The fraction of sp³-hybridized carbons (Fsp3) is 0.818. The van der Waals surface area contributed by atoms with Crippen molar-refractivity contribution >= 4 is 11.9 Å². The van der Waals surface area contributed by atoms with E-state index >= 15 is 0 Å². The number of aliphatic carboxylic acids is 1. The summed E-state index contributed by atoms with van der Waals surface area (Å²) in [6.07, 6.45) is 2.64. The van der Waals surface area contributed by atoms with E-state index in [-0.39, 0.29) is 12.4 Å². The van der Waals surface area contributed by atoms with Crippen molar-refractivity contribution in [3.63, 3.8) is 0 Å². The van der Waals surface area contributed by atoms with E-state index in [1.54, 1.807) is 6.92 Å². The lowest BCUT2D eigenvalue weighted by atomic mass is 10.4. The lowest BCUT2D eigenvalue weighted by Gasteiger charge is -1.99. The molecule has 0 aliphatic carbocycles. The Hall–Kier alpha value is -1.10. The molecule has 1 N–H and O–H groups in total. The summed E-state index contributed by atoms with van der Waals surface area (Å²) in [5, 5.41) is 7.96. The van der Waals surface area contributed by atoms with Gasteiger partial charge in [-0.3, -0.25) is 9.59 Å². The van der Waals surface area contributed by atoms with Crippen molar-refractivity contribution < 1.29 is 24.2 Å². The summed E-state index contributed by atoms with van der Waals surface area (Å²) >= 11 is 0. The zero-order valence-corrected chi connectivity index (χ0v) is 10.3. The van der Waals surface area contributed by atoms with E-state index in [0.29, 0.717) is 19.6 Å². The lowest BCUT2D eigenvalue weighted by molar-refractivity contribution is -0.143. The van der Waals surface area contributed by atoms with Crippen LogP contribution in [0.5, 0.6) is 0 Å². The van der Waals surface area contributed by atoms with E-state index in [1.807, 2.05) is 0 Å². The second kappa shape index (κ2) is 13.9. The van der Waals surface area contributed by atoms with Gasteiger partial charge in [-0.2, -0.15) is 0 Å². The summed E-state index contributed by atoms with van der Waals surface area (Å²) in [4.78, 5) is 20.1. The monoisotopic (exact) mass is 234 g/mol. The van der Waals surface area contributed by atoms with Crippen molar-refractivity contribution in [1.29, 1.82) is 0 Å². The SMILES string of the molecule is CCCCOC(=O)CC.COCCC(=O)O. The molecule has 16 heavy (non-hydrogen) atoms. The molecule has 0 amide bonds. The van der Waals surface area contributed by atoms with E-state index in [4.69, 9.17) is 9.84 Å². The largest absolute Gasteiger partial charge is 0.481 e. The average molecular weight is 234 g/mol. The number of carbonyl (C=O) groups excluding carboxylic acids is 1. The molecule has 0 unspecified atom stereocenters. The molecule has 0 saturated carbocycles. The fourth-order valence-corrected chi connectivity index (χ4v) is 0.622. The van der Waals surface area contributed by atoms with Gasteiger partial charge < -0.3 is 14.6 Å². The Morgan fingerprint density at radius 2 is 1.81 bits per heavy atom. The van der Waals surface area contributed by atoms with Crippen molar-refractivity contribution in [3.8, 4) is 0 Å². The number of hydrogen-bond acceptors (Lipinski definition) is 4. The Morgan fingerprint density at radius 1 is 1.19 bits per heavy atom. The van der Waals surface area contributed by atoms with Crippen molar-refractivity contribution in [2.75, 3.05) is 20.3 Å². The van der Waals surface area contributed by atoms with Crippen LogP contribution in [0.3, 0.4) is 0 Å². The molecule has 0 saturated heterocycles. The van der Waals surface area contributed by atoms with Crippen LogP contribution in [0.15, 0.2) is 0 Å². The lowest BCUT2D eigenvalue weighted by Crippen LogP contribution is -2.02. The first kappa shape index (κ1) is 17.3. The Bertz CT molecular complexity index is 179. The molecule has 0 atom stereocenters. The zero-order chi connectivity index (χ0) is 12.8. The fourth-order valence-electron chi connectivity index (χ4n) is 0.622. The molecule has 0 rings (SSSR count). The van der Waals surface area contributed by atoms with Gasteiger partial charge in [-0.25, -0.2) is 0 Å². The molecule has 5 nitrogen and oxygen atoms in total. The highest BCUT2D eigenvalue weighted by Gasteiger charge is 1.94. The number of esters is 1. The van der Waals surface area contributed by atoms with Gasteiger partial charge in [0.25, 0.3) is 0 Å². The van der Waals surface area contributed by atoms with Gasteiger partial charge in [0.2, 0.25) is 0 Å². The van der Waals surface area contributed by atoms with E-state index in [9.17, 15) is 9.59 Å². The number of rotatable bonds is 7. The molecule has 0 aromatic heterocycles. The van der Waals surface area contributed by atoms with Crippen LogP contribution in [0.4, 0.5) is 0 Å². The molecule has 0 aliphatic rings. The quantitative estimate of drug-likeness (QED) is 0.537. The van der Waals surface area contributed by atoms with Crippen LogP contribution in [0.2, 0.25) is 0 Å². The molecule has 0 fully saturated rings. The van der Waals surface area contributed by atoms with Gasteiger partial charge in [-0.15, -0.1) is 0 Å². The predicted octanol–water partition coefficient (Wildman–Crippen LogP) is 1.85. The first-order valence-electron chi connectivity index (χ1n) is 5.44. The summed E-state index contributed by atoms with van der Waals surface area (Å²) in [5.74, 6) is -0.912. The highest BCUT2D eigenvalue weighted by molar-refractivity contribution is 5.68. The van der Waals surface area contributed by atoms with Crippen LogP contribution in [0.1, 0.15) is 39.5 Å². The van der Waals surface area contributed by atoms with Crippen LogP contribution in [0, 0.1) is 0 Å². The Kier molecular flexibility index (Phi) is 15.0. The van der Waals surface area contributed by atoms with Gasteiger partial charge in [0.15, 0.2) is 0 Å². The normalized spacial score (nSPS) is 8.94. The van der Waals surface area contributed by atoms with Crippen molar-refractivity contribution in [2.45, 2.75) is 39.5 Å². The summed E-state index contributed by atoms with van der Waals surface area (Å²) in [6, 6.07) is 0. The number of methoxy groups -OCH3 is 1. The molecule has 0 aromatic rings. The van der Waals surface area contributed by atoms with Gasteiger partial charge in [0, 0.05) is 13.5 Å².